The van der Waals surface area contributed by atoms with Crippen molar-refractivity contribution >= 4 is 5.57 Å². The molecule has 1 aromatic carbocycles. The van der Waals surface area contributed by atoms with E-state index in [0.29, 0.717) is 11.8 Å². The molecule has 0 aromatic heterocycles. The zero-order valence-electron chi connectivity index (χ0n) is 14.9. The van der Waals surface area contributed by atoms with Crippen molar-refractivity contribution in [2.45, 2.75) is 66.3 Å². The average Bonchev–Trinajstić information content (AvgIpc) is 2.44. The number of phenols is 1. The number of hydrogen-bond acceptors (Lipinski definition) is 2. The second kappa shape index (κ2) is 9.68. The fourth-order valence-electron chi connectivity index (χ4n) is 2.86. The lowest BCUT2D eigenvalue weighted by molar-refractivity contribution is 0.446. The van der Waals surface area contributed by atoms with Crippen LogP contribution in [0.5, 0.6) is 5.75 Å². The average molecular weight is 303 g/mol. The quantitative estimate of drug-likeness (QED) is 0.649. The lowest BCUT2D eigenvalue weighted by Gasteiger charge is -2.17. The standard InChI is InChI=1S/C20H33NO/c1-6-7-8-18(11-12-21-17(5)13-15(2)3)20-14-19(22)10-9-16(20)4/h8-10,14-15,17,21-22H,6-7,11-13H2,1-5H3/b18-8-. The second-order valence-electron chi connectivity index (χ2n) is 6.75. The van der Waals surface area contributed by atoms with Gasteiger partial charge in [-0.2, -0.15) is 0 Å². The van der Waals surface area contributed by atoms with Crippen molar-refractivity contribution in [3.63, 3.8) is 0 Å². The van der Waals surface area contributed by atoms with Gasteiger partial charge in [0.05, 0.1) is 0 Å². The number of hydrogen-bond donors (Lipinski definition) is 2. The van der Waals surface area contributed by atoms with Crippen LogP contribution in [0.15, 0.2) is 24.3 Å². The first-order chi connectivity index (χ1) is 10.4. The lowest BCUT2D eigenvalue weighted by Crippen LogP contribution is -2.28. The van der Waals surface area contributed by atoms with E-state index in [0.717, 1.165) is 31.7 Å². The van der Waals surface area contributed by atoms with Crippen LogP contribution in [-0.4, -0.2) is 17.7 Å². The van der Waals surface area contributed by atoms with Gasteiger partial charge in [-0.1, -0.05) is 39.3 Å². The maximum Gasteiger partial charge on any atom is 0.116 e. The molecule has 1 rings (SSSR count). The third-order valence-electron chi connectivity index (χ3n) is 3.96. The van der Waals surface area contributed by atoms with Crippen LogP contribution >= 0.6 is 0 Å². The summed E-state index contributed by atoms with van der Waals surface area (Å²) >= 11 is 0. The number of benzene rings is 1. The Labute approximate surface area is 136 Å². The molecule has 2 nitrogen and oxygen atoms in total. The molecule has 1 aromatic rings. The van der Waals surface area contributed by atoms with E-state index in [-0.39, 0.29) is 0 Å². The van der Waals surface area contributed by atoms with Gasteiger partial charge in [0.25, 0.3) is 0 Å². The largest absolute Gasteiger partial charge is 0.508 e. The highest BCUT2D eigenvalue weighted by atomic mass is 16.3. The first kappa shape index (κ1) is 18.8. The fraction of sp³-hybridized carbons (Fsp3) is 0.600. The molecule has 1 atom stereocenters. The molecule has 0 heterocycles. The molecule has 22 heavy (non-hydrogen) atoms. The number of phenolic OH excluding ortho intramolecular Hbond substituents is 1. The summed E-state index contributed by atoms with van der Waals surface area (Å²) in [5.74, 6) is 1.08. The van der Waals surface area contributed by atoms with Gasteiger partial charge in [0.15, 0.2) is 0 Å². The molecule has 2 heteroatoms. The predicted octanol–water partition coefficient (Wildman–Crippen LogP) is 5.30. The van der Waals surface area contributed by atoms with Crippen molar-refractivity contribution in [2.75, 3.05) is 6.54 Å². The summed E-state index contributed by atoms with van der Waals surface area (Å²) < 4.78 is 0. The highest BCUT2D eigenvalue weighted by molar-refractivity contribution is 5.69. The van der Waals surface area contributed by atoms with E-state index in [4.69, 9.17) is 0 Å². The third-order valence-corrected chi connectivity index (χ3v) is 3.96. The van der Waals surface area contributed by atoms with Crippen LogP contribution in [0.25, 0.3) is 5.57 Å². The Morgan fingerprint density at radius 2 is 2.00 bits per heavy atom. The Morgan fingerprint density at radius 3 is 2.64 bits per heavy atom. The second-order valence-corrected chi connectivity index (χ2v) is 6.75. The molecule has 0 saturated carbocycles. The SMILES string of the molecule is CCC/C=C(/CCNC(C)CC(C)C)c1cc(O)ccc1C. The van der Waals surface area contributed by atoms with Crippen LogP contribution in [0.2, 0.25) is 0 Å². The molecular formula is C20H33NO. The van der Waals surface area contributed by atoms with Gasteiger partial charge >= 0.3 is 0 Å². The number of nitrogens with one attached hydrogen (secondary N) is 1. The van der Waals surface area contributed by atoms with E-state index in [1.54, 1.807) is 6.07 Å². The van der Waals surface area contributed by atoms with E-state index in [1.807, 2.05) is 12.1 Å². The maximum atomic E-state index is 9.78. The van der Waals surface area contributed by atoms with Crippen molar-refractivity contribution in [1.82, 2.24) is 5.32 Å². The highest BCUT2D eigenvalue weighted by Gasteiger charge is 2.08. The molecule has 0 saturated heterocycles. The van der Waals surface area contributed by atoms with Gasteiger partial charge in [0.1, 0.15) is 5.75 Å². The summed E-state index contributed by atoms with van der Waals surface area (Å²) in [7, 11) is 0. The van der Waals surface area contributed by atoms with E-state index in [2.05, 4.69) is 46.0 Å². The van der Waals surface area contributed by atoms with Crippen LogP contribution in [0, 0.1) is 12.8 Å². The zero-order valence-corrected chi connectivity index (χ0v) is 14.9. The first-order valence-electron chi connectivity index (χ1n) is 8.66. The molecule has 124 valence electrons. The minimum atomic E-state index is 0.351. The van der Waals surface area contributed by atoms with Crippen LogP contribution in [0.3, 0.4) is 0 Å². The van der Waals surface area contributed by atoms with Crippen LogP contribution < -0.4 is 5.32 Å². The minimum Gasteiger partial charge on any atom is -0.508 e. The van der Waals surface area contributed by atoms with Gasteiger partial charge in [-0.15, -0.1) is 0 Å². The Hall–Kier alpha value is -1.28. The van der Waals surface area contributed by atoms with Gasteiger partial charge in [0.2, 0.25) is 0 Å². The van der Waals surface area contributed by atoms with Crippen molar-refractivity contribution in [1.29, 1.82) is 0 Å². The van der Waals surface area contributed by atoms with Crippen LogP contribution in [0.1, 0.15) is 64.5 Å². The van der Waals surface area contributed by atoms with Crippen molar-refractivity contribution < 1.29 is 5.11 Å². The Morgan fingerprint density at radius 1 is 1.27 bits per heavy atom. The zero-order chi connectivity index (χ0) is 16.5. The van der Waals surface area contributed by atoms with Gasteiger partial charge < -0.3 is 10.4 Å². The molecule has 0 fully saturated rings. The van der Waals surface area contributed by atoms with Gasteiger partial charge in [-0.3, -0.25) is 0 Å². The maximum absolute atomic E-state index is 9.78. The van der Waals surface area contributed by atoms with E-state index in [9.17, 15) is 5.11 Å². The number of aromatic hydroxyl groups is 1. The van der Waals surface area contributed by atoms with Crippen LogP contribution in [-0.2, 0) is 0 Å². The molecule has 2 N–H and O–H groups in total. The minimum absolute atomic E-state index is 0.351. The summed E-state index contributed by atoms with van der Waals surface area (Å²) in [5, 5.41) is 13.4. The third kappa shape index (κ3) is 6.65. The van der Waals surface area contributed by atoms with Crippen LogP contribution in [0.4, 0.5) is 0 Å². The monoisotopic (exact) mass is 303 g/mol. The summed E-state index contributed by atoms with van der Waals surface area (Å²) in [5.41, 5.74) is 3.77. The molecule has 1 unspecified atom stereocenters. The summed E-state index contributed by atoms with van der Waals surface area (Å²) in [4.78, 5) is 0. The predicted molar refractivity (Wildman–Crippen MR) is 97.3 cm³/mol. The van der Waals surface area contributed by atoms with Crippen molar-refractivity contribution in [3.8, 4) is 5.75 Å². The number of aryl methyl sites for hydroxylation is 1. The van der Waals surface area contributed by atoms with Gasteiger partial charge in [-0.25, -0.2) is 0 Å². The van der Waals surface area contributed by atoms with E-state index in [1.165, 1.54) is 23.1 Å². The van der Waals surface area contributed by atoms with E-state index >= 15 is 0 Å². The Balaban J connectivity index is 2.72. The molecule has 0 amide bonds. The molecule has 0 aliphatic rings. The Bertz CT molecular complexity index is 477. The summed E-state index contributed by atoms with van der Waals surface area (Å²) in [6, 6.07) is 6.21. The fourth-order valence-corrected chi connectivity index (χ4v) is 2.86. The normalized spacial score (nSPS) is 13.6. The summed E-state index contributed by atoms with van der Waals surface area (Å²) in [6.07, 6.45) is 6.78. The number of rotatable bonds is 9. The molecule has 0 radical (unpaired) electrons. The molecular weight excluding hydrogens is 270 g/mol. The topological polar surface area (TPSA) is 32.3 Å². The molecule has 0 bridgehead atoms. The Kier molecular flexibility index (Phi) is 8.26. The smallest absolute Gasteiger partial charge is 0.116 e. The van der Waals surface area contributed by atoms with Crippen molar-refractivity contribution in [3.05, 3.63) is 35.4 Å². The van der Waals surface area contributed by atoms with Gasteiger partial charge in [-0.05, 0) is 74.4 Å². The molecule has 0 aliphatic carbocycles. The van der Waals surface area contributed by atoms with E-state index < -0.39 is 0 Å². The summed E-state index contributed by atoms with van der Waals surface area (Å²) in [6.45, 7) is 12.1. The number of allylic oxidation sites excluding steroid dienone is 1. The molecule has 0 aliphatic heterocycles. The molecule has 0 spiro atoms. The van der Waals surface area contributed by atoms with Crippen molar-refractivity contribution in [2.24, 2.45) is 5.92 Å². The number of unbranched alkanes of at least 4 members (excludes halogenated alkanes) is 1. The lowest BCUT2D eigenvalue weighted by atomic mass is 9.96. The highest BCUT2D eigenvalue weighted by Crippen LogP contribution is 2.26. The van der Waals surface area contributed by atoms with Gasteiger partial charge in [0, 0.05) is 6.04 Å². The first-order valence-corrected chi connectivity index (χ1v) is 8.66.